The predicted octanol–water partition coefficient (Wildman–Crippen LogP) is 3.78. The molecule has 3 rings (SSSR count). The van der Waals surface area contributed by atoms with Crippen molar-refractivity contribution in [3.05, 3.63) is 62.6 Å². The Kier molecular flexibility index (Phi) is 4.50. The Bertz CT molecular complexity index is 663. The number of hydrazine groups is 1. The van der Waals surface area contributed by atoms with Gasteiger partial charge in [0.05, 0.1) is 12.6 Å². The summed E-state index contributed by atoms with van der Waals surface area (Å²) in [5.41, 5.74) is 6.28. The fourth-order valence-electron chi connectivity index (χ4n) is 2.73. The first-order valence-corrected chi connectivity index (χ1v) is 8.01. The highest BCUT2D eigenvalue weighted by atomic mass is 79.9. The summed E-state index contributed by atoms with van der Waals surface area (Å²) in [5.74, 6) is 6.72. The molecule has 0 bridgehead atoms. The van der Waals surface area contributed by atoms with Crippen molar-refractivity contribution < 1.29 is 4.74 Å². The van der Waals surface area contributed by atoms with E-state index < -0.39 is 0 Å². The monoisotopic (exact) mass is 366 g/mol. The summed E-state index contributed by atoms with van der Waals surface area (Å²) in [6.45, 7) is 0.721. The van der Waals surface area contributed by atoms with E-state index in [1.54, 1.807) is 0 Å². The second-order valence-electron chi connectivity index (χ2n) is 5.10. The van der Waals surface area contributed by atoms with Crippen molar-refractivity contribution in [3.63, 3.8) is 0 Å². The summed E-state index contributed by atoms with van der Waals surface area (Å²) >= 11 is 9.79. The predicted molar refractivity (Wildman–Crippen MR) is 88.6 cm³/mol. The van der Waals surface area contributed by atoms with Crippen molar-refractivity contribution in [2.45, 2.75) is 18.9 Å². The third-order valence-corrected chi connectivity index (χ3v) is 4.67. The maximum atomic E-state index is 6.22. The van der Waals surface area contributed by atoms with E-state index in [1.165, 1.54) is 5.56 Å². The van der Waals surface area contributed by atoms with Crippen molar-refractivity contribution in [1.29, 1.82) is 0 Å². The number of fused-ring (bicyclic) bond motifs is 1. The molecule has 5 heteroatoms. The minimum atomic E-state index is -0.00709. The summed E-state index contributed by atoms with van der Waals surface area (Å²) in [4.78, 5) is 0. The molecular weight excluding hydrogens is 352 g/mol. The second-order valence-corrected chi connectivity index (χ2v) is 6.39. The van der Waals surface area contributed by atoms with Crippen molar-refractivity contribution in [3.8, 4) is 5.75 Å². The zero-order chi connectivity index (χ0) is 14.8. The highest BCUT2D eigenvalue weighted by molar-refractivity contribution is 9.10. The van der Waals surface area contributed by atoms with Gasteiger partial charge in [0, 0.05) is 15.9 Å². The summed E-state index contributed by atoms with van der Waals surface area (Å²) in [5, 5.41) is 0.747. The highest BCUT2D eigenvalue weighted by Gasteiger charge is 2.21. The lowest BCUT2D eigenvalue weighted by atomic mass is 9.97. The molecule has 0 saturated heterocycles. The average molecular weight is 368 g/mol. The third-order valence-electron chi connectivity index (χ3n) is 3.73. The molecule has 0 aliphatic carbocycles. The standard InChI is InChI=1S/C16H16BrClN2O/c17-14-4-2-1-3-13(14)15(20-19)9-11-8-12(18)7-10-5-6-21-16(10)11/h1-4,7-8,15,20H,5-6,9,19H2. The van der Waals surface area contributed by atoms with E-state index in [1.807, 2.05) is 30.3 Å². The normalized spacial score (nSPS) is 14.6. The van der Waals surface area contributed by atoms with Crippen LogP contribution >= 0.6 is 27.5 Å². The van der Waals surface area contributed by atoms with Gasteiger partial charge in [0.1, 0.15) is 5.75 Å². The Balaban J connectivity index is 1.94. The molecule has 110 valence electrons. The minimum Gasteiger partial charge on any atom is -0.493 e. The number of hydrogen-bond donors (Lipinski definition) is 2. The topological polar surface area (TPSA) is 47.3 Å². The van der Waals surface area contributed by atoms with Gasteiger partial charge in [-0.1, -0.05) is 45.7 Å². The molecule has 0 spiro atoms. The van der Waals surface area contributed by atoms with Crippen LogP contribution in [0.2, 0.25) is 5.02 Å². The van der Waals surface area contributed by atoms with Crippen LogP contribution in [0.5, 0.6) is 5.75 Å². The van der Waals surface area contributed by atoms with Gasteiger partial charge in [-0.2, -0.15) is 0 Å². The Morgan fingerprint density at radius 3 is 2.90 bits per heavy atom. The van der Waals surface area contributed by atoms with Gasteiger partial charge in [-0.25, -0.2) is 0 Å². The van der Waals surface area contributed by atoms with Crippen molar-refractivity contribution >= 4 is 27.5 Å². The summed E-state index contributed by atoms with van der Waals surface area (Å²) in [6.07, 6.45) is 1.64. The fraction of sp³-hybridized carbons (Fsp3) is 0.250. The molecule has 21 heavy (non-hydrogen) atoms. The molecule has 2 aromatic rings. The average Bonchev–Trinajstić information content (AvgIpc) is 2.93. The maximum Gasteiger partial charge on any atom is 0.125 e. The third kappa shape index (κ3) is 3.09. The van der Waals surface area contributed by atoms with Crippen molar-refractivity contribution in [1.82, 2.24) is 5.43 Å². The van der Waals surface area contributed by atoms with Gasteiger partial charge in [-0.15, -0.1) is 0 Å². The lowest BCUT2D eigenvalue weighted by molar-refractivity contribution is 0.351. The lowest BCUT2D eigenvalue weighted by Crippen LogP contribution is -2.30. The van der Waals surface area contributed by atoms with Crippen molar-refractivity contribution in [2.24, 2.45) is 5.84 Å². The van der Waals surface area contributed by atoms with Crippen LogP contribution in [0.4, 0.5) is 0 Å². The van der Waals surface area contributed by atoms with Gasteiger partial charge < -0.3 is 4.74 Å². The van der Waals surface area contributed by atoms with Crippen LogP contribution in [-0.2, 0) is 12.8 Å². The molecule has 1 aliphatic heterocycles. The zero-order valence-corrected chi connectivity index (χ0v) is 13.7. The number of hydrogen-bond acceptors (Lipinski definition) is 3. The summed E-state index contributed by atoms with van der Waals surface area (Å²) in [7, 11) is 0. The molecule has 3 nitrogen and oxygen atoms in total. The van der Waals surface area contributed by atoms with E-state index in [4.69, 9.17) is 22.2 Å². The number of rotatable bonds is 4. The van der Waals surface area contributed by atoms with Gasteiger partial charge >= 0.3 is 0 Å². The molecule has 1 atom stereocenters. The molecule has 1 aliphatic rings. The first-order valence-electron chi connectivity index (χ1n) is 6.83. The molecule has 0 fully saturated rings. The number of halogens is 2. The molecular formula is C16H16BrClN2O. The van der Waals surface area contributed by atoms with Gasteiger partial charge in [0.15, 0.2) is 0 Å². The number of ether oxygens (including phenoxy) is 1. The highest BCUT2D eigenvalue weighted by Crippen LogP contribution is 2.36. The molecule has 0 amide bonds. The minimum absolute atomic E-state index is 0.00709. The van der Waals surface area contributed by atoms with E-state index in [0.29, 0.717) is 0 Å². The zero-order valence-electron chi connectivity index (χ0n) is 11.4. The fourth-order valence-corrected chi connectivity index (χ4v) is 3.56. The number of nitrogens with two attached hydrogens (primary N) is 1. The SMILES string of the molecule is NNC(Cc1cc(Cl)cc2c1OCC2)c1ccccc1Br. The van der Waals surface area contributed by atoms with Gasteiger partial charge in [-0.05, 0) is 41.3 Å². The molecule has 3 N–H and O–H groups in total. The van der Waals surface area contributed by atoms with Crippen LogP contribution in [0.3, 0.4) is 0 Å². The molecule has 1 unspecified atom stereocenters. The van der Waals surface area contributed by atoms with E-state index in [-0.39, 0.29) is 6.04 Å². The van der Waals surface area contributed by atoms with E-state index in [9.17, 15) is 0 Å². The van der Waals surface area contributed by atoms with E-state index >= 15 is 0 Å². The van der Waals surface area contributed by atoms with Crippen LogP contribution < -0.4 is 16.0 Å². The molecule has 1 heterocycles. The lowest BCUT2D eigenvalue weighted by Gasteiger charge is -2.19. The first kappa shape index (κ1) is 14.9. The van der Waals surface area contributed by atoms with Crippen LogP contribution in [0.25, 0.3) is 0 Å². The van der Waals surface area contributed by atoms with Gasteiger partial charge in [-0.3, -0.25) is 11.3 Å². The Hall–Kier alpha value is -1.07. The van der Waals surface area contributed by atoms with E-state index in [0.717, 1.165) is 45.8 Å². The summed E-state index contributed by atoms with van der Waals surface area (Å²) < 4.78 is 6.79. The largest absolute Gasteiger partial charge is 0.493 e. The van der Waals surface area contributed by atoms with E-state index in [2.05, 4.69) is 27.4 Å². The van der Waals surface area contributed by atoms with Crippen molar-refractivity contribution in [2.75, 3.05) is 6.61 Å². The molecule has 2 aromatic carbocycles. The van der Waals surface area contributed by atoms with Crippen LogP contribution in [0.15, 0.2) is 40.9 Å². The van der Waals surface area contributed by atoms with Crippen LogP contribution in [0.1, 0.15) is 22.7 Å². The Labute approximate surface area is 137 Å². The van der Waals surface area contributed by atoms with Gasteiger partial charge in [0.2, 0.25) is 0 Å². The number of nitrogens with one attached hydrogen (secondary N) is 1. The Morgan fingerprint density at radius 2 is 2.14 bits per heavy atom. The maximum absolute atomic E-state index is 6.22. The first-order chi connectivity index (χ1) is 10.2. The van der Waals surface area contributed by atoms with Gasteiger partial charge in [0.25, 0.3) is 0 Å². The number of benzene rings is 2. The molecule has 0 radical (unpaired) electrons. The van der Waals surface area contributed by atoms with Crippen LogP contribution in [0, 0.1) is 0 Å². The quantitative estimate of drug-likeness (QED) is 0.638. The smallest absolute Gasteiger partial charge is 0.125 e. The van der Waals surface area contributed by atoms with Crippen LogP contribution in [-0.4, -0.2) is 6.61 Å². The molecule has 0 aromatic heterocycles. The summed E-state index contributed by atoms with van der Waals surface area (Å²) in [6, 6.07) is 12.0. The second kappa shape index (κ2) is 6.36. The molecule has 0 saturated carbocycles. The Morgan fingerprint density at radius 1 is 1.33 bits per heavy atom.